The summed E-state index contributed by atoms with van der Waals surface area (Å²) < 4.78 is 19.5. The maximum atomic E-state index is 13.2. The molecule has 1 heterocycles. The van der Waals surface area contributed by atoms with Crippen molar-refractivity contribution in [3.05, 3.63) is 47.5 Å². The minimum atomic E-state index is -0.495. The molecule has 0 atom stereocenters. The molecule has 2 rings (SSSR count). The lowest BCUT2D eigenvalue weighted by Gasteiger charge is -2.03. The van der Waals surface area contributed by atoms with E-state index < -0.39 is 5.82 Å². The van der Waals surface area contributed by atoms with Crippen molar-refractivity contribution in [2.24, 2.45) is 7.05 Å². The molecule has 1 aromatic carbocycles. The molecule has 0 fully saturated rings. The first kappa shape index (κ1) is 11.3. The molecule has 4 nitrogen and oxygen atoms in total. The van der Waals surface area contributed by atoms with Gasteiger partial charge < -0.3 is 4.74 Å². The van der Waals surface area contributed by atoms with Gasteiger partial charge in [0, 0.05) is 18.8 Å². The van der Waals surface area contributed by atoms with Gasteiger partial charge in [-0.25, -0.2) is 4.39 Å². The van der Waals surface area contributed by atoms with E-state index in [0.29, 0.717) is 11.3 Å². The van der Waals surface area contributed by atoms with Crippen molar-refractivity contribution in [2.75, 3.05) is 7.11 Å². The number of aromatic nitrogens is 2. The Labute approximate surface area is 97.6 Å². The molecule has 1 aromatic heterocycles. The van der Waals surface area contributed by atoms with Crippen LogP contribution >= 0.6 is 0 Å². The van der Waals surface area contributed by atoms with Gasteiger partial charge in [0.15, 0.2) is 11.6 Å². The molecular weight excluding hydrogens is 223 g/mol. The summed E-state index contributed by atoms with van der Waals surface area (Å²) >= 11 is 0. The van der Waals surface area contributed by atoms with Gasteiger partial charge in [-0.2, -0.15) is 5.10 Å². The topological polar surface area (TPSA) is 44.1 Å². The molecule has 0 aliphatic rings. The standard InChI is InChI=1S/C12H11FN2O2/c1-15-6-5-10(14-15)12(16)8-3-4-9(13)11(7-8)17-2/h3-7H,1-2H3. The summed E-state index contributed by atoms with van der Waals surface area (Å²) in [4.78, 5) is 12.0. The number of carbonyl (C=O) groups excluding carboxylic acids is 1. The van der Waals surface area contributed by atoms with E-state index in [1.165, 1.54) is 30.0 Å². The van der Waals surface area contributed by atoms with Crippen LogP contribution in [0.1, 0.15) is 16.1 Å². The van der Waals surface area contributed by atoms with Gasteiger partial charge in [-0.05, 0) is 24.3 Å². The molecule has 5 heteroatoms. The Balaban J connectivity index is 2.37. The second-order valence-electron chi connectivity index (χ2n) is 3.55. The monoisotopic (exact) mass is 234 g/mol. The van der Waals surface area contributed by atoms with Crippen molar-refractivity contribution in [3.8, 4) is 5.75 Å². The molecule has 17 heavy (non-hydrogen) atoms. The van der Waals surface area contributed by atoms with E-state index in [2.05, 4.69) is 5.10 Å². The lowest BCUT2D eigenvalue weighted by molar-refractivity contribution is 0.103. The first-order valence-corrected chi connectivity index (χ1v) is 4.99. The van der Waals surface area contributed by atoms with Crippen LogP contribution in [0.25, 0.3) is 0 Å². The number of halogens is 1. The summed E-state index contributed by atoms with van der Waals surface area (Å²) in [5.74, 6) is -0.708. The molecule has 0 saturated heterocycles. The average Bonchev–Trinajstić information content (AvgIpc) is 2.75. The van der Waals surface area contributed by atoms with Gasteiger partial charge in [-0.1, -0.05) is 0 Å². The summed E-state index contributed by atoms with van der Waals surface area (Å²) in [6.07, 6.45) is 1.67. The summed E-state index contributed by atoms with van der Waals surface area (Å²) in [6.45, 7) is 0. The normalized spacial score (nSPS) is 10.3. The van der Waals surface area contributed by atoms with E-state index in [9.17, 15) is 9.18 Å². The van der Waals surface area contributed by atoms with Crippen LogP contribution in [0.5, 0.6) is 5.75 Å². The number of benzene rings is 1. The van der Waals surface area contributed by atoms with Crippen molar-refractivity contribution in [2.45, 2.75) is 0 Å². The molecule has 0 bridgehead atoms. The van der Waals surface area contributed by atoms with Crippen molar-refractivity contribution in [1.82, 2.24) is 9.78 Å². The Morgan fingerprint density at radius 2 is 2.18 bits per heavy atom. The summed E-state index contributed by atoms with van der Waals surface area (Å²) in [6, 6.07) is 5.59. The summed E-state index contributed by atoms with van der Waals surface area (Å²) in [7, 11) is 3.08. The fraction of sp³-hybridized carbons (Fsp3) is 0.167. The predicted octanol–water partition coefficient (Wildman–Crippen LogP) is 1.80. The predicted molar refractivity (Wildman–Crippen MR) is 59.6 cm³/mol. The SMILES string of the molecule is COc1cc(C(=O)c2ccn(C)n2)ccc1F. The Morgan fingerprint density at radius 1 is 1.41 bits per heavy atom. The van der Waals surface area contributed by atoms with Crippen LogP contribution < -0.4 is 4.74 Å². The highest BCUT2D eigenvalue weighted by molar-refractivity contribution is 6.07. The fourth-order valence-corrected chi connectivity index (χ4v) is 1.49. The minimum absolute atomic E-state index is 0.0479. The van der Waals surface area contributed by atoms with Crippen LogP contribution in [0.2, 0.25) is 0 Å². The number of ketones is 1. The third-order valence-electron chi connectivity index (χ3n) is 2.36. The van der Waals surface area contributed by atoms with E-state index in [1.807, 2.05) is 0 Å². The van der Waals surface area contributed by atoms with Crippen molar-refractivity contribution in [3.63, 3.8) is 0 Å². The zero-order valence-corrected chi connectivity index (χ0v) is 9.48. The average molecular weight is 234 g/mol. The van der Waals surface area contributed by atoms with E-state index in [0.717, 1.165) is 0 Å². The molecule has 0 aliphatic carbocycles. The molecule has 0 unspecified atom stereocenters. The number of rotatable bonds is 3. The zero-order valence-electron chi connectivity index (χ0n) is 9.48. The highest BCUT2D eigenvalue weighted by Gasteiger charge is 2.14. The largest absolute Gasteiger partial charge is 0.494 e. The number of nitrogens with zero attached hydrogens (tertiary/aromatic N) is 2. The van der Waals surface area contributed by atoms with Gasteiger partial charge in [0.05, 0.1) is 7.11 Å². The highest BCUT2D eigenvalue weighted by atomic mass is 19.1. The van der Waals surface area contributed by atoms with Crippen LogP contribution in [-0.2, 0) is 7.05 Å². The van der Waals surface area contributed by atoms with Crippen molar-refractivity contribution >= 4 is 5.78 Å². The molecule has 88 valence electrons. The van der Waals surface area contributed by atoms with Gasteiger partial charge in [-0.3, -0.25) is 9.48 Å². The molecule has 0 spiro atoms. The first-order valence-electron chi connectivity index (χ1n) is 4.99. The van der Waals surface area contributed by atoms with Crippen LogP contribution in [0.3, 0.4) is 0 Å². The number of methoxy groups -OCH3 is 1. The molecular formula is C12H11FN2O2. The van der Waals surface area contributed by atoms with Crippen LogP contribution in [0, 0.1) is 5.82 Å². The van der Waals surface area contributed by atoms with E-state index >= 15 is 0 Å². The number of hydrogen-bond donors (Lipinski definition) is 0. The van der Waals surface area contributed by atoms with Gasteiger partial charge in [-0.15, -0.1) is 0 Å². The molecule has 2 aromatic rings. The number of ether oxygens (including phenoxy) is 1. The van der Waals surface area contributed by atoms with E-state index in [1.54, 1.807) is 19.3 Å². The van der Waals surface area contributed by atoms with Crippen molar-refractivity contribution < 1.29 is 13.9 Å². The van der Waals surface area contributed by atoms with E-state index in [4.69, 9.17) is 4.74 Å². The molecule has 0 radical (unpaired) electrons. The summed E-state index contributed by atoms with van der Waals surface area (Å²) in [5.41, 5.74) is 0.670. The van der Waals surface area contributed by atoms with Gasteiger partial charge in [0.25, 0.3) is 0 Å². The Hall–Kier alpha value is -2.17. The zero-order chi connectivity index (χ0) is 12.4. The first-order chi connectivity index (χ1) is 8.11. The minimum Gasteiger partial charge on any atom is -0.494 e. The smallest absolute Gasteiger partial charge is 0.213 e. The summed E-state index contributed by atoms with van der Waals surface area (Å²) in [5, 5.41) is 4.00. The van der Waals surface area contributed by atoms with Crippen LogP contribution in [0.4, 0.5) is 4.39 Å². The number of aryl methyl sites for hydroxylation is 1. The third-order valence-corrected chi connectivity index (χ3v) is 2.36. The highest BCUT2D eigenvalue weighted by Crippen LogP contribution is 2.19. The van der Waals surface area contributed by atoms with Gasteiger partial charge in [0.2, 0.25) is 5.78 Å². The maximum Gasteiger partial charge on any atom is 0.213 e. The quantitative estimate of drug-likeness (QED) is 0.760. The van der Waals surface area contributed by atoms with Crippen LogP contribution in [-0.4, -0.2) is 22.7 Å². The molecule has 0 aliphatic heterocycles. The Bertz CT molecular complexity index is 563. The molecule has 0 N–H and O–H groups in total. The van der Waals surface area contributed by atoms with E-state index in [-0.39, 0.29) is 11.5 Å². The lowest BCUT2D eigenvalue weighted by atomic mass is 10.1. The van der Waals surface area contributed by atoms with Gasteiger partial charge >= 0.3 is 0 Å². The Morgan fingerprint density at radius 3 is 2.76 bits per heavy atom. The number of carbonyl (C=O) groups is 1. The molecule has 0 amide bonds. The lowest BCUT2D eigenvalue weighted by Crippen LogP contribution is -2.04. The third kappa shape index (κ3) is 2.18. The van der Waals surface area contributed by atoms with Crippen molar-refractivity contribution in [1.29, 1.82) is 0 Å². The maximum absolute atomic E-state index is 13.2. The second kappa shape index (κ2) is 4.37. The second-order valence-corrected chi connectivity index (χ2v) is 3.55. The van der Waals surface area contributed by atoms with Crippen LogP contribution in [0.15, 0.2) is 30.5 Å². The molecule has 0 saturated carbocycles. The Kier molecular flexibility index (Phi) is 2.91. The number of hydrogen-bond acceptors (Lipinski definition) is 3. The fourth-order valence-electron chi connectivity index (χ4n) is 1.49. The van der Waals surface area contributed by atoms with Gasteiger partial charge in [0.1, 0.15) is 5.69 Å².